The quantitative estimate of drug-likeness (QED) is 0.337. The van der Waals surface area contributed by atoms with E-state index in [1.165, 1.54) is 9.80 Å². The summed E-state index contributed by atoms with van der Waals surface area (Å²) in [5, 5.41) is 18.6. The maximum atomic E-state index is 14.4. The molecule has 6 unspecified atom stereocenters. The molecule has 2 N–H and O–H groups in total. The van der Waals surface area contributed by atoms with Crippen LogP contribution in [-0.2, 0) is 24.0 Å². The summed E-state index contributed by atoms with van der Waals surface area (Å²) in [4.78, 5) is 69.4. The van der Waals surface area contributed by atoms with Gasteiger partial charge in [0, 0.05) is 24.4 Å². The van der Waals surface area contributed by atoms with Gasteiger partial charge in [-0.3, -0.25) is 28.9 Å². The summed E-state index contributed by atoms with van der Waals surface area (Å²) < 4.78 is 5.93. The second-order valence-electron chi connectivity index (χ2n) is 11.9. The van der Waals surface area contributed by atoms with Crippen molar-refractivity contribution in [1.29, 1.82) is 0 Å². The van der Waals surface area contributed by atoms with E-state index in [0.717, 1.165) is 5.57 Å². The molecule has 0 bridgehead atoms. The number of carbonyl (C=O) groups is 5. The van der Waals surface area contributed by atoms with Crippen LogP contribution in [0.2, 0.25) is 0 Å². The molecule has 2 aliphatic carbocycles. The van der Waals surface area contributed by atoms with Crippen molar-refractivity contribution < 1.29 is 38.9 Å². The number of hydrogen-bond donors (Lipinski definition) is 2. The lowest BCUT2D eigenvalue weighted by Crippen LogP contribution is -2.49. The number of allylic oxidation sites excluding steroid dienone is 2. The molecule has 4 amide bonds. The molecular formula is C33H34N2O8. The molecule has 10 nitrogen and oxygen atoms in total. The Kier molecular flexibility index (Phi) is 7.41. The van der Waals surface area contributed by atoms with Crippen molar-refractivity contribution in [3.63, 3.8) is 0 Å². The normalized spacial score (nSPS) is 29.7. The zero-order valence-corrected chi connectivity index (χ0v) is 23.8. The van der Waals surface area contributed by atoms with Crippen LogP contribution in [0.1, 0.15) is 44.1 Å². The van der Waals surface area contributed by atoms with Gasteiger partial charge in [-0.15, -0.1) is 0 Å². The lowest BCUT2D eigenvalue weighted by Gasteiger charge is -2.49. The van der Waals surface area contributed by atoms with Gasteiger partial charge in [0.05, 0.1) is 35.5 Å². The van der Waals surface area contributed by atoms with Crippen LogP contribution in [0.4, 0.5) is 5.69 Å². The number of fused-ring (bicyclic) bond motifs is 4. The van der Waals surface area contributed by atoms with E-state index in [1.54, 1.807) is 36.4 Å². The first kappa shape index (κ1) is 28.8. The summed E-state index contributed by atoms with van der Waals surface area (Å²) in [6, 6.07) is 16.1. The summed E-state index contributed by atoms with van der Waals surface area (Å²) in [5.74, 6) is -5.01. The lowest BCUT2D eigenvalue weighted by molar-refractivity contribution is -0.142. The Morgan fingerprint density at radius 1 is 0.977 bits per heavy atom. The first-order chi connectivity index (χ1) is 20.7. The second kappa shape index (κ2) is 11.1. The van der Waals surface area contributed by atoms with Crippen molar-refractivity contribution in [2.24, 2.45) is 29.1 Å². The van der Waals surface area contributed by atoms with E-state index in [0.29, 0.717) is 23.4 Å². The SMILES string of the molecule is CC12C(=O)N(c3ccccc3)C(=O)C1CC1C(=CCC3C(=O)N(CCCC(=O)O)C(=O)C31)C2c1ccccc1OCCO. The minimum Gasteiger partial charge on any atom is -0.491 e. The first-order valence-electron chi connectivity index (χ1n) is 14.7. The number of ether oxygens (including phenoxy) is 1. The van der Waals surface area contributed by atoms with E-state index in [9.17, 15) is 29.1 Å². The number of para-hydroxylation sites is 2. The maximum absolute atomic E-state index is 14.4. The van der Waals surface area contributed by atoms with Crippen LogP contribution in [0.15, 0.2) is 66.2 Å². The number of likely N-dealkylation sites (tertiary alicyclic amines) is 1. The van der Waals surface area contributed by atoms with Crippen LogP contribution in [-0.4, -0.2) is 64.5 Å². The number of hydrogen-bond acceptors (Lipinski definition) is 7. The number of carboxylic acids is 1. The number of amides is 4. The minimum absolute atomic E-state index is 0.0284. The Morgan fingerprint density at radius 3 is 2.42 bits per heavy atom. The highest BCUT2D eigenvalue weighted by Gasteiger charge is 2.67. The van der Waals surface area contributed by atoms with Crippen LogP contribution in [0.3, 0.4) is 0 Å². The van der Waals surface area contributed by atoms with E-state index in [2.05, 4.69) is 0 Å². The standard InChI is InChI=1S/C33H34N2O8/c1-33-24(30(40)35(32(33)42)19-8-3-2-4-9-19)18-23-20(28(33)21-10-5-6-11-25(21)43-17-16-36)13-14-22-27(23)31(41)34(29(22)39)15-7-12-26(37)38/h2-6,8-11,13,22-24,27-28,36H,7,12,14-18H2,1H3,(H,37,38). The van der Waals surface area contributed by atoms with Crippen molar-refractivity contribution in [3.05, 3.63) is 71.8 Å². The van der Waals surface area contributed by atoms with Gasteiger partial charge in [-0.1, -0.05) is 48.0 Å². The monoisotopic (exact) mass is 586 g/mol. The van der Waals surface area contributed by atoms with E-state index >= 15 is 0 Å². The number of rotatable bonds is 9. The molecule has 2 saturated heterocycles. The van der Waals surface area contributed by atoms with Gasteiger partial charge in [0.25, 0.3) is 0 Å². The van der Waals surface area contributed by atoms with Gasteiger partial charge in [-0.05, 0) is 50.3 Å². The van der Waals surface area contributed by atoms with Crippen molar-refractivity contribution in [1.82, 2.24) is 4.90 Å². The average Bonchev–Trinajstić information content (AvgIpc) is 3.36. The largest absolute Gasteiger partial charge is 0.491 e. The fourth-order valence-electron chi connectivity index (χ4n) is 7.86. The van der Waals surface area contributed by atoms with Crippen molar-refractivity contribution in [3.8, 4) is 5.75 Å². The van der Waals surface area contributed by atoms with Crippen LogP contribution in [0.5, 0.6) is 5.75 Å². The topological polar surface area (TPSA) is 142 Å². The number of aliphatic hydroxyl groups is 1. The summed E-state index contributed by atoms with van der Waals surface area (Å²) in [6.45, 7) is 1.68. The number of imide groups is 2. The van der Waals surface area contributed by atoms with Crippen LogP contribution < -0.4 is 9.64 Å². The molecule has 1 saturated carbocycles. The van der Waals surface area contributed by atoms with Gasteiger partial charge in [-0.25, -0.2) is 4.90 Å². The molecule has 6 atom stereocenters. The molecular weight excluding hydrogens is 552 g/mol. The molecule has 2 aliphatic heterocycles. The van der Waals surface area contributed by atoms with Crippen molar-refractivity contribution >= 4 is 35.3 Å². The minimum atomic E-state index is -1.20. The Labute approximate surface area is 248 Å². The highest BCUT2D eigenvalue weighted by molar-refractivity contribution is 6.24. The molecule has 2 aromatic carbocycles. The maximum Gasteiger partial charge on any atom is 0.303 e. The number of anilines is 1. The summed E-state index contributed by atoms with van der Waals surface area (Å²) in [5.41, 5.74) is 0.796. The van der Waals surface area contributed by atoms with Crippen molar-refractivity contribution in [2.75, 3.05) is 24.7 Å². The molecule has 43 heavy (non-hydrogen) atoms. The number of benzene rings is 2. The van der Waals surface area contributed by atoms with Gasteiger partial charge in [0.2, 0.25) is 23.6 Å². The zero-order chi connectivity index (χ0) is 30.5. The predicted octanol–water partition coefficient (Wildman–Crippen LogP) is 3.15. The molecule has 3 fully saturated rings. The Balaban J connectivity index is 1.46. The third kappa shape index (κ3) is 4.47. The Bertz CT molecular complexity index is 1520. The van der Waals surface area contributed by atoms with Gasteiger partial charge in [-0.2, -0.15) is 0 Å². The van der Waals surface area contributed by atoms with Crippen LogP contribution in [0, 0.1) is 29.1 Å². The molecule has 2 aromatic rings. The molecule has 4 aliphatic rings. The average molecular weight is 587 g/mol. The van der Waals surface area contributed by atoms with Gasteiger partial charge < -0.3 is 14.9 Å². The predicted molar refractivity (Wildman–Crippen MR) is 154 cm³/mol. The zero-order valence-electron chi connectivity index (χ0n) is 23.8. The Morgan fingerprint density at radius 2 is 1.70 bits per heavy atom. The number of carbonyl (C=O) groups excluding carboxylic acids is 4. The molecule has 0 spiro atoms. The number of nitrogens with zero attached hydrogens (tertiary/aromatic N) is 2. The second-order valence-corrected chi connectivity index (χ2v) is 11.9. The van der Waals surface area contributed by atoms with E-state index in [1.807, 2.05) is 31.2 Å². The molecule has 0 aromatic heterocycles. The third-order valence-corrected chi connectivity index (χ3v) is 9.73. The van der Waals surface area contributed by atoms with Crippen LogP contribution in [0.25, 0.3) is 0 Å². The van der Waals surface area contributed by atoms with Gasteiger partial charge >= 0.3 is 5.97 Å². The summed E-state index contributed by atoms with van der Waals surface area (Å²) >= 11 is 0. The molecule has 6 rings (SSSR count). The van der Waals surface area contributed by atoms with Gasteiger partial charge in [0.1, 0.15) is 12.4 Å². The fraction of sp³-hybridized carbons (Fsp3) is 0.424. The van der Waals surface area contributed by atoms with E-state index < -0.39 is 41.0 Å². The summed E-state index contributed by atoms with van der Waals surface area (Å²) in [7, 11) is 0. The summed E-state index contributed by atoms with van der Waals surface area (Å²) in [6.07, 6.45) is 2.51. The van der Waals surface area contributed by atoms with Gasteiger partial charge in [0.15, 0.2) is 0 Å². The molecule has 0 radical (unpaired) electrons. The third-order valence-electron chi connectivity index (χ3n) is 9.73. The first-order valence-corrected chi connectivity index (χ1v) is 14.7. The molecule has 2 heterocycles. The van der Waals surface area contributed by atoms with E-state index in [4.69, 9.17) is 9.84 Å². The van der Waals surface area contributed by atoms with Crippen LogP contribution >= 0.6 is 0 Å². The lowest BCUT2D eigenvalue weighted by atomic mass is 9.51. The fourth-order valence-corrected chi connectivity index (χ4v) is 7.86. The molecule has 224 valence electrons. The van der Waals surface area contributed by atoms with E-state index in [-0.39, 0.29) is 62.6 Å². The number of aliphatic hydroxyl groups excluding tert-OH is 1. The van der Waals surface area contributed by atoms with Crippen molar-refractivity contribution in [2.45, 2.75) is 38.5 Å². The highest BCUT2D eigenvalue weighted by Crippen LogP contribution is 2.64. The molecule has 10 heteroatoms. The number of carboxylic acid groups (broad SMARTS) is 1. The number of aliphatic carboxylic acids is 1. The smallest absolute Gasteiger partial charge is 0.303 e. The Hall–Kier alpha value is -4.31. The highest BCUT2D eigenvalue weighted by atomic mass is 16.5.